The minimum Gasteiger partial charge on any atom is -0.396 e. The molecule has 6 rings (SSSR count). The van der Waals surface area contributed by atoms with Crippen molar-refractivity contribution in [1.29, 1.82) is 0 Å². The molecule has 0 aliphatic carbocycles. The molecule has 4 aromatic rings. The summed E-state index contributed by atoms with van der Waals surface area (Å²) in [5.41, 5.74) is 1.71. The molecule has 0 unspecified atom stereocenters. The van der Waals surface area contributed by atoms with E-state index >= 15 is 4.11 Å². The molecule has 1 spiro atoms. The Kier molecular flexibility index (Phi) is 7.95. The van der Waals surface area contributed by atoms with Crippen molar-refractivity contribution in [3.05, 3.63) is 102 Å². The third kappa shape index (κ3) is 5.25. The van der Waals surface area contributed by atoms with Gasteiger partial charge in [0.25, 0.3) is 11.8 Å². The molecule has 2 aliphatic rings. The number of ether oxygens (including phenoxy) is 1. The number of carbonyl (C=O) groups is 2. The zero-order valence-electron chi connectivity index (χ0n) is 25.0. The Bertz CT molecular complexity index is 1660. The number of hydrogen-bond acceptors (Lipinski definition) is 6. The first-order valence-corrected chi connectivity index (χ1v) is 17.9. The van der Waals surface area contributed by atoms with Crippen LogP contribution in [0.25, 0.3) is 0 Å². The number of aryl methyl sites for hydroxylation is 1. The largest absolute Gasteiger partial charge is 0.396 e. The van der Waals surface area contributed by atoms with E-state index in [2.05, 4.69) is 15.6 Å². The Morgan fingerprint density at radius 1 is 1.09 bits per heavy atom. The molecule has 1 saturated heterocycles. The maximum Gasteiger partial charge on any atom is 0.268 e. The Morgan fingerprint density at radius 2 is 1.80 bits per heavy atom. The SMILES string of the molecule is C[C@@H]1[C@@H]([Si](C)(C)F)[C@H](CCn2cc(CCO)nn2)O[C@@]12C(=O)N(c1ccccc1)c1ccc(NC(=O)c3ccccc3)cc12. The van der Waals surface area contributed by atoms with Crippen molar-refractivity contribution in [1.82, 2.24) is 15.0 Å². The van der Waals surface area contributed by atoms with Gasteiger partial charge in [-0.2, -0.15) is 0 Å². The fraction of sp³-hybridized carbons (Fsp3) is 0.333. The topological polar surface area (TPSA) is 110 Å². The summed E-state index contributed by atoms with van der Waals surface area (Å²) in [6.07, 6.45) is 2.04. The number of amides is 2. The molecule has 0 radical (unpaired) electrons. The standard InChI is InChI=1S/C33H36FN5O4Si/c1-22-30(44(2,3)34)29(16-18-38-21-25(17-19-40)36-37-38)43-33(22)27-20-24(35-31(41)23-10-6-4-7-11-23)14-15-28(27)39(32(33)42)26-12-8-5-9-13-26/h4-15,20-22,29-30,40H,16-19H2,1-3H3,(H,35,41)/t22-,29+,30-,33+/m1/s1. The van der Waals surface area contributed by atoms with Gasteiger partial charge in [-0.05, 0) is 62.0 Å². The van der Waals surface area contributed by atoms with E-state index < -0.39 is 31.6 Å². The van der Waals surface area contributed by atoms with Gasteiger partial charge in [0.05, 0.1) is 17.5 Å². The first-order chi connectivity index (χ1) is 21.1. The Hall–Kier alpha value is -4.19. The van der Waals surface area contributed by atoms with E-state index in [1.807, 2.05) is 49.4 Å². The van der Waals surface area contributed by atoms with Crippen molar-refractivity contribution in [3.63, 3.8) is 0 Å². The lowest BCUT2D eigenvalue weighted by Crippen LogP contribution is -2.44. The summed E-state index contributed by atoms with van der Waals surface area (Å²) >= 11 is 0. The predicted molar refractivity (Wildman–Crippen MR) is 168 cm³/mol. The number of para-hydroxylation sites is 1. The fourth-order valence-corrected chi connectivity index (χ4v) is 9.43. The summed E-state index contributed by atoms with van der Waals surface area (Å²) in [4.78, 5) is 29.4. The zero-order valence-corrected chi connectivity index (χ0v) is 26.0. The van der Waals surface area contributed by atoms with E-state index in [4.69, 9.17) is 4.74 Å². The number of rotatable bonds is 9. The Labute approximate surface area is 256 Å². The number of nitrogens with zero attached hydrogens (tertiary/aromatic N) is 4. The second kappa shape index (κ2) is 11.7. The van der Waals surface area contributed by atoms with Crippen molar-refractivity contribution in [3.8, 4) is 0 Å². The number of aliphatic hydroxyl groups is 1. The molecule has 2 amide bonds. The molecule has 9 nitrogen and oxygen atoms in total. The van der Waals surface area contributed by atoms with Crippen LogP contribution in [0.3, 0.4) is 0 Å². The number of hydrogen-bond donors (Lipinski definition) is 2. The van der Waals surface area contributed by atoms with Crippen molar-refractivity contribution in [2.75, 3.05) is 16.8 Å². The van der Waals surface area contributed by atoms with E-state index in [0.29, 0.717) is 53.3 Å². The number of benzene rings is 3. The van der Waals surface area contributed by atoms with E-state index in [1.165, 1.54) is 0 Å². The zero-order chi connectivity index (χ0) is 31.1. The highest BCUT2D eigenvalue weighted by atomic mass is 28.4. The quantitative estimate of drug-likeness (QED) is 0.188. The van der Waals surface area contributed by atoms with Crippen LogP contribution >= 0.6 is 0 Å². The smallest absolute Gasteiger partial charge is 0.268 e. The van der Waals surface area contributed by atoms with Gasteiger partial charge in [0.15, 0.2) is 5.60 Å². The summed E-state index contributed by atoms with van der Waals surface area (Å²) in [5.74, 6) is -1.03. The molecule has 228 valence electrons. The first-order valence-electron chi connectivity index (χ1n) is 14.9. The number of aromatic nitrogens is 3. The predicted octanol–water partition coefficient (Wildman–Crippen LogP) is 5.61. The van der Waals surface area contributed by atoms with Gasteiger partial charge >= 0.3 is 0 Å². The van der Waals surface area contributed by atoms with Crippen LogP contribution in [0.4, 0.5) is 21.2 Å². The van der Waals surface area contributed by atoms with E-state index in [1.54, 1.807) is 65.3 Å². The number of nitrogens with one attached hydrogen (secondary N) is 1. The van der Waals surface area contributed by atoms with E-state index in [-0.39, 0.29) is 18.4 Å². The number of carbonyl (C=O) groups excluding carboxylic acids is 2. The van der Waals surface area contributed by atoms with Crippen molar-refractivity contribution in [2.45, 2.75) is 56.7 Å². The van der Waals surface area contributed by atoms with Crippen LogP contribution in [-0.4, -0.2) is 53.0 Å². The second-order valence-corrected chi connectivity index (χ2v) is 15.8. The molecule has 3 heterocycles. The summed E-state index contributed by atoms with van der Waals surface area (Å²) in [6, 6.07) is 23.7. The minimum absolute atomic E-state index is 0.0264. The minimum atomic E-state index is -3.37. The van der Waals surface area contributed by atoms with Gasteiger partial charge < -0.3 is 19.3 Å². The lowest BCUT2D eigenvalue weighted by Gasteiger charge is -2.31. The number of halogens is 1. The van der Waals surface area contributed by atoms with Crippen LogP contribution in [-0.2, 0) is 28.1 Å². The van der Waals surface area contributed by atoms with E-state index in [9.17, 15) is 14.7 Å². The summed E-state index contributed by atoms with van der Waals surface area (Å²) in [7, 11) is -3.37. The molecular weight excluding hydrogens is 577 g/mol. The van der Waals surface area contributed by atoms with Gasteiger partial charge in [-0.25, -0.2) is 0 Å². The van der Waals surface area contributed by atoms with Crippen LogP contribution in [0.1, 0.15) is 35.0 Å². The third-order valence-corrected chi connectivity index (χ3v) is 11.2. The van der Waals surface area contributed by atoms with Gasteiger partial charge in [0, 0.05) is 59.7 Å². The normalized spacial score (nSPS) is 22.9. The molecular formula is C33H36FN5O4Si. The number of aliphatic hydroxyl groups excluding tert-OH is 1. The van der Waals surface area contributed by atoms with Crippen molar-refractivity contribution < 1.29 is 23.5 Å². The maximum absolute atomic E-state index is 16.2. The summed E-state index contributed by atoms with van der Waals surface area (Å²) < 4.78 is 24.8. The van der Waals surface area contributed by atoms with Crippen LogP contribution in [0.5, 0.6) is 0 Å². The third-order valence-electron chi connectivity index (χ3n) is 8.77. The monoisotopic (exact) mass is 613 g/mol. The fourth-order valence-electron chi connectivity index (χ4n) is 6.88. The highest BCUT2D eigenvalue weighted by Crippen LogP contribution is 2.61. The summed E-state index contributed by atoms with van der Waals surface area (Å²) in [5, 5.41) is 20.5. The van der Waals surface area contributed by atoms with Crippen LogP contribution < -0.4 is 10.2 Å². The highest BCUT2D eigenvalue weighted by Gasteiger charge is 2.67. The average Bonchev–Trinajstić information content (AvgIpc) is 3.66. The number of fused-ring (bicyclic) bond motifs is 2. The van der Waals surface area contributed by atoms with Crippen LogP contribution in [0.2, 0.25) is 18.6 Å². The summed E-state index contributed by atoms with van der Waals surface area (Å²) in [6.45, 7) is 5.65. The van der Waals surface area contributed by atoms with E-state index in [0.717, 1.165) is 0 Å². The van der Waals surface area contributed by atoms with Gasteiger partial charge in [-0.3, -0.25) is 19.2 Å². The van der Waals surface area contributed by atoms with Gasteiger partial charge in [0.2, 0.25) is 8.41 Å². The lowest BCUT2D eigenvalue weighted by atomic mass is 9.82. The molecule has 2 N–H and O–H groups in total. The van der Waals surface area contributed by atoms with Gasteiger partial charge in [0.1, 0.15) is 0 Å². The Balaban J connectivity index is 1.40. The van der Waals surface area contributed by atoms with Gasteiger partial charge in [-0.1, -0.05) is 48.5 Å². The lowest BCUT2D eigenvalue weighted by molar-refractivity contribution is -0.145. The van der Waals surface area contributed by atoms with Crippen LogP contribution in [0, 0.1) is 5.92 Å². The molecule has 0 saturated carbocycles. The Morgan fingerprint density at radius 3 is 2.48 bits per heavy atom. The first kappa shape index (κ1) is 29.9. The molecule has 1 fully saturated rings. The maximum atomic E-state index is 16.2. The molecule has 44 heavy (non-hydrogen) atoms. The molecule has 3 aromatic carbocycles. The molecule has 0 bridgehead atoms. The molecule has 4 atom stereocenters. The average molecular weight is 614 g/mol. The second-order valence-electron chi connectivity index (χ2n) is 12.0. The molecule has 2 aliphatic heterocycles. The number of anilines is 3. The molecule has 1 aromatic heterocycles. The highest BCUT2D eigenvalue weighted by molar-refractivity contribution is 6.72. The van der Waals surface area contributed by atoms with Crippen LogP contribution in [0.15, 0.2) is 85.1 Å². The van der Waals surface area contributed by atoms with Crippen molar-refractivity contribution >= 4 is 37.3 Å². The van der Waals surface area contributed by atoms with Gasteiger partial charge in [-0.15, -0.1) is 5.10 Å². The molecule has 11 heteroatoms. The van der Waals surface area contributed by atoms with Crippen molar-refractivity contribution in [2.24, 2.45) is 5.92 Å².